The maximum Gasteiger partial charge on any atom is 4.00 e. The van der Waals surface area contributed by atoms with Crippen LogP contribution in [0.1, 0.15) is 0 Å². The van der Waals surface area contributed by atoms with Crippen LogP contribution in [-0.4, -0.2) is 51.3 Å². The van der Waals surface area contributed by atoms with E-state index in [1.165, 1.54) is 0 Å². The smallest absolute Gasteiger partial charge is 0.412 e. The minimum Gasteiger partial charge on any atom is -0.412 e. The molecular formula is H11ClO5Sn+4. The summed E-state index contributed by atoms with van der Waals surface area (Å²) < 4.78 is 0. The van der Waals surface area contributed by atoms with Gasteiger partial charge in [-0.05, 0) is 0 Å². The van der Waals surface area contributed by atoms with E-state index in [2.05, 4.69) is 0 Å². The first-order valence-corrected chi connectivity index (χ1v) is 0. The Kier molecular flexibility index (Phi) is 20500. The van der Waals surface area contributed by atoms with Crippen molar-refractivity contribution in [2.24, 2.45) is 0 Å². The zero-order chi connectivity index (χ0) is 0. The van der Waals surface area contributed by atoms with E-state index in [9.17, 15) is 0 Å². The first-order valence-electron chi connectivity index (χ1n) is 0. The minimum absolute atomic E-state index is 0. The van der Waals surface area contributed by atoms with Crippen LogP contribution in [0.2, 0.25) is 0 Å². The first kappa shape index (κ1) is 474. The van der Waals surface area contributed by atoms with Crippen LogP contribution in [0.3, 0.4) is 0 Å². The van der Waals surface area contributed by atoms with E-state index in [4.69, 9.17) is 0 Å². The molecule has 7 heavy (non-hydrogen) atoms. The molecule has 0 unspecified atom stereocenters. The van der Waals surface area contributed by atoms with Gasteiger partial charge in [-0.2, -0.15) is 0 Å². The molecule has 0 rings (SSSR count). The zero-order valence-corrected chi connectivity index (χ0v) is 7.08. The van der Waals surface area contributed by atoms with Gasteiger partial charge in [-0.15, -0.1) is 12.4 Å². The second-order valence-electron chi connectivity index (χ2n) is 0. The molecule has 5 nitrogen and oxygen atoms in total. The van der Waals surface area contributed by atoms with Crippen molar-refractivity contribution in [2.75, 3.05) is 0 Å². The summed E-state index contributed by atoms with van der Waals surface area (Å²) in [5.74, 6) is 0. The second-order valence-corrected chi connectivity index (χ2v) is 0. The molecule has 0 aliphatic carbocycles. The van der Waals surface area contributed by atoms with E-state index in [-0.39, 0.29) is 63.7 Å². The molecule has 0 aliphatic heterocycles. The summed E-state index contributed by atoms with van der Waals surface area (Å²) in [6.45, 7) is 0. The summed E-state index contributed by atoms with van der Waals surface area (Å²) in [6, 6.07) is 0. The molecule has 0 bridgehead atoms. The minimum atomic E-state index is 0. The fourth-order valence-electron chi connectivity index (χ4n) is 0. The normalized spacial score (nSPS) is 0. The van der Waals surface area contributed by atoms with Gasteiger partial charge < -0.3 is 27.4 Å². The average molecular weight is 245 g/mol. The number of rotatable bonds is 0. The van der Waals surface area contributed by atoms with E-state index in [0.717, 1.165) is 0 Å². The molecule has 0 fully saturated rings. The summed E-state index contributed by atoms with van der Waals surface area (Å²) in [5, 5.41) is 0. The predicted octanol–water partition coefficient (Wildman–Crippen LogP) is -4.08. The van der Waals surface area contributed by atoms with Crippen molar-refractivity contribution < 1.29 is 27.4 Å². The third-order valence-electron chi connectivity index (χ3n) is 0. The number of halogens is 1. The Morgan fingerprint density at radius 3 is 0.429 bits per heavy atom. The van der Waals surface area contributed by atoms with Gasteiger partial charge in [0.15, 0.2) is 0 Å². The number of hydrogen-bond acceptors (Lipinski definition) is 0. The maximum atomic E-state index is 0. The maximum absolute atomic E-state index is 0. The molecule has 0 aliphatic rings. The second kappa shape index (κ2) is 302. The van der Waals surface area contributed by atoms with Crippen molar-refractivity contribution in [1.82, 2.24) is 0 Å². The Morgan fingerprint density at radius 2 is 0.429 bits per heavy atom. The summed E-state index contributed by atoms with van der Waals surface area (Å²) in [4.78, 5) is 0. The van der Waals surface area contributed by atoms with Crippen molar-refractivity contribution in [1.29, 1.82) is 0 Å². The Hall–Kier alpha value is 0.889. The summed E-state index contributed by atoms with van der Waals surface area (Å²) in [6.07, 6.45) is 0. The standard InChI is InChI=1S/ClH.5H2O.Sn/h1H;5*1H2;/q;;;;;;+4. The van der Waals surface area contributed by atoms with Crippen LogP contribution in [-0.2, 0) is 0 Å². The molecule has 0 aromatic rings. The van der Waals surface area contributed by atoms with E-state index < -0.39 is 0 Å². The van der Waals surface area contributed by atoms with Gasteiger partial charge in [0.1, 0.15) is 0 Å². The van der Waals surface area contributed by atoms with Crippen LogP contribution in [0, 0.1) is 0 Å². The van der Waals surface area contributed by atoms with Crippen molar-refractivity contribution in [2.45, 2.75) is 0 Å². The molecule has 0 aromatic heterocycles. The molecular weight excluding hydrogens is 234 g/mol. The van der Waals surface area contributed by atoms with Gasteiger partial charge in [0.2, 0.25) is 0 Å². The Labute approximate surface area is 64.0 Å². The largest absolute Gasteiger partial charge is 4.00 e. The molecule has 0 spiro atoms. The molecule has 0 atom stereocenters. The fraction of sp³-hybridized carbons (Fsp3) is 0. The SMILES string of the molecule is Cl.O.O.O.O.O.[Sn+4]. The Balaban J connectivity index is 0. The fourth-order valence-corrected chi connectivity index (χ4v) is 0. The summed E-state index contributed by atoms with van der Waals surface area (Å²) in [5.41, 5.74) is 0. The molecule has 0 amide bonds. The Bertz CT molecular complexity index is 8.04. The Morgan fingerprint density at radius 1 is 0.429 bits per heavy atom. The van der Waals surface area contributed by atoms with E-state index >= 15 is 0 Å². The van der Waals surface area contributed by atoms with Gasteiger partial charge in [0.05, 0.1) is 0 Å². The van der Waals surface area contributed by atoms with Crippen LogP contribution in [0.4, 0.5) is 0 Å². The van der Waals surface area contributed by atoms with Gasteiger partial charge in [0, 0.05) is 0 Å². The molecule has 0 heterocycles. The van der Waals surface area contributed by atoms with E-state index in [1.807, 2.05) is 0 Å². The molecule has 7 heteroatoms. The monoisotopic (exact) mass is 246 g/mol. The average Bonchev–Trinajstić information content (AvgIpc) is 0. The molecule has 10 N–H and O–H groups in total. The molecule has 48 valence electrons. The van der Waals surface area contributed by atoms with Crippen molar-refractivity contribution in [3.05, 3.63) is 0 Å². The molecule has 0 saturated heterocycles. The van der Waals surface area contributed by atoms with Gasteiger partial charge >= 0.3 is 23.9 Å². The zero-order valence-electron chi connectivity index (χ0n) is 3.41. The molecule has 0 saturated carbocycles. The van der Waals surface area contributed by atoms with Crippen LogP contribution in [0.15, 0.2) is 0 Å². The third kappa shape index (κ3) is 208. The number of hydrogen-bond donors (Lipinski definition) is 0. The quantitative estimate of drug-likeness (QED) is 0.380. The predicted molar refractivity (Wildman–Crippen MR) is 31.1 cm³/mol. The molecule has 0 aromatic carbocycles. The third-order valence-corrected chi connectivity index (χ3v) is 0. The van der Waals surface area contributed by atoms with Crippen molar-refractivity contribution in [3.63, 3.8) is 0 Å². The summed E-state index contributed by atoms with van der Waals surface area (Å²) >= 11 is 0. The first-order chi connectivity index (χ1) is 0. The van der Waals surface area contributed by atoms with Crippen molar-refractivity contribution >= 4 is 36.3 Å². The molecule has 0 radical (unpaired) electrons. The van der Waals surface area contributed by atoms with Crippen LogP contribution >= 0.6 is 12.4 Å². The van der Waals surface area contributed by atoms with Gasteiger partial charge in [0.25, 0.3) is 0 Å². The van der Waals surface area contributed by atoms with E-state index in [1.54, 1.807) is 0 Å². The topological polar surface area (TPSA) is 158 Å². The van der Waals surface area contributed by atoms with Crippen LogP contribution < -0.4 is 0 Å². The van der Waals surface area contributed by atoms with Crippen LogP contribution in [0.5, 0.6) is 0 Å². The van der Waals surface area contributed by atoms with Gasteiger partial charge in [-0.1, -0.05) is 0 Å². The van der Waals surface area contributed by atoms with Crippen LogP contribution in [0.25, 0.3) is 0 Å². The van der Waals surface area contributed by atoms with Gasteiger partial charge in [-0.3, -0.25) is 0 Å². The van der Waals surface area contributed by atoms with Gasteiger partial charge in [-0.25, -0.2) is 0 Å². The summed E-state index contributed by atoms with van der Waals surface area (Å²) in [7, 11) is 0. The van der Waals surface area contributed by atoms with Crippen molar-refractivity contribution in [3.8, 4) is 0 Å². The van der Waals surface area contributed by atoms with E-state index in [0.29, 0.717) is 0 Å².